The highest BCUT2D eigenvalue weighted by atomic mass is 31.2. The van der Waals surface area contributed by atoms with Crippen LogP contribution < -0.4 is 0 Å². The Kier molecular flexibility index (Phi) is 3.93. The quantitative estimate of drug-likeness (QED) is 0.477. The van der Waals surface area contributed by atoms with Gasteiger partial charge < -0.3 is 19.6 Å². The molecule has 1 aromatic rings. The maximum Gasteiger partial charge on any atom is 0.349 e. The van der Waals surface area contributed by atoms with Crippen molar-refractivity contribution < 1.29 is 28.7 Å². The van der Waals surface area contributed by atoms with Crippen LogP contribution in [0.5, 0.6) is 0 Å². The molecule has 0 radical (unpaired) electrons. The van der Waals surface area contributed by atoms with Gasteiger partial charge in [-0.15, -0.1) is 0 Å². The van der Waals surface area contributed by atoms with Crippen LogP contribution in [0.4, 0.5) is 0 Å². The second kappa shape index (κ2) is 4.61. The highest BCUT2D eigenvalue weighted by Gasteiger charge is 2.62. The Morgan fingerprint density at radius 2 is 1.82 bits per heavy atom. The predicted octanol–water partition coefficient (Wildman–Crippen LogP) is 0.113. The minimum Gasteiger partial charge on any atom is -0.323 e. The number of rotatable bonds is 5. The molecule has 1 heterocycles. The fourth-order valence-corrected chi connectivity index (χ4v) is 4.83. The summed E-state index contributed by atoms with van der Waals surface area (Å²) in [5, 5.41) is 8.85. The molecule has 0 saturated carbocycles. The molecule has 0 spiro atoms. The van der Waals surface area contributed by atoms with Crippen molar-refractivity contribution in [3.63, 3.8) is 0 Å². The fourth-order valence-electron chi connectivity index (χ4n) is 1.63. The molecule has 0 bridgehead atoms. The number of nitrogens with one attached hydrogen (secondary N) is 1. The summed E-state index contributed by atoms with van der Waals surface area (Å²) in [6.45, 7) is 1.56. The summed E-state index contributed by atoms with van der Waals surface area (Å²) in [6.07, 6.45) is 0.686. The standard InChI is InChI=1S/C6H13N3O6P2/c1-2-3-6(16(10,11)12,17(13,14)15)5-4-7-9-8-5/h4H,2-3H2,1H3,(H,7,8,9)(H2,10,11,12)(H2,13,14,15). The molecule has 0 amide bonds. The molecule has 0 saturated heterocycles. The van der Waals surface area contributed by atoms with E-state index in [1.165, 1.54) is 0 Å². The molecule has 11 heteroatoms. The topological polar surface area (TPSA) is 157 Å². The Labute approximate surface area is 96.6 Å². The molecule has 0 atom stereocenters. The van der Waals surface area contributed by atoms with Crippen molar-refractivity contribution in [2.45, 2.75) is 24.7 Å². The van der Waals surface area contributed by atoms with Gasteiger partial charge in [-0.1, -0.05) is 13.3 Å². The van der Waals surface area contributed by atoms with Crippen molar-refractivity contribution in [1.29, 1.82) is 0 Å². The van der Waals surface area contributed by atoms with Gasteiger partial charge in [0, 0.05) is 0 Å². The Balaban J connectivity index is 3.55. The van der Waals surface area contributed by atoms with Crippen LogP contribution >= 0.6 is 15.2 Å². The van der Waals surface area contributed by atoms with Crippen molar-refractivity contribution in [2.24, 2.45) is 0 Å². The van der Waals surface area contributed by atoms with Gasteiger partial charge in [-0.25, -0.2) is 0 Å². The van der Waals surface area contributed by atoms with Crippen LogP contribution in [-0.2, 0) is 14.0 Å². The lowest BCUT2D eigenvalue weighted by atomic mass is 10.2. The molecule has 0 aliphatic heterocycles. The molecule has 9 nitrogen and oxygen atoms in total. The summed E-state index contributed by atoms with van der Waals surface area (Å²) in [7, 11) is -10.2. The average Bonchev–Trinajstić information content (AvgIpc) is 2.62. The molecule has 0 aliphatic carbocycles. The number of hydrogen-bond donors (Lipinski definition) is 5. The first kappa shape index (κ1) is 14.5. The van der Waals surface area contributed by atoms with Gasteiger partial charge in [-0.2, -0.15) is 15.4 Å². The van der Waals surface area contributed by atoms with E-state index in [4.69, 9.17) is 0 Å². The van der Waals surface area contributed by atoms with Crippen LogP contribution in [0.2, 0.25) is 0 Å². The van der Waals surface area contributed by atoms with Gasteiger partial charge in [0.2, 0.25) is 4.90 Å². The zero-order valence-electron chi connectivity index (χ0n) is 8.89. The van der Waals surface area contributed by atoms with Crippen molar-refractivity contribution in [2.75, 3.05) is 0 Å². The smallest absolute Gasteiger partial charge is 0.323 e. The number of aromatic amines is 1. The summed E-state index contributed by atoms with van der Waals surface area (Å²) in [5.74, 6) is 0. The Hall–Kier alpha value is -0.560. The van der Waals surface area contributed by atoms with Gasteiger partial charge in [-0.3, -0.25) is 9.13 Å². The molecular weight excluding hydrogens is 272 g/mol. The zero-order chi connectivity index (χ0) is 13.3. The van der Waals surface area contributed by atoms with E-state index in [9.17, 15) is 28.7 Å². The Morgan fingerprint density at radius 3 is 2.12 bits per heavy atom. The maximum absolute atomic E-state index is 11.5. The largest absolute Gasteiger partial charge is 0.349 e. The summed E-state index contributed by atoms with van der Waals surface area (Å²) in [5.41, 5.74) is -0.430. The highest BCUT2D eigenvalue weighted by molar-refractivity contribution is 7.71. The van der Waals surface area contributed by atoms with E-state index in [-0.39, 0.29) is 6.42 Å². The highest BCUT2D eigenvalue weighted by Crippen LogP contribution is 2.75. The van der Waals surface area contributed by atoms with Gasteiger partial charge in [0.05, 0.1) is 6.20 Å². The van der Waals surface area contributed by atoms with Gasteiger partial charge in [0.15, 0.2) is 0 Å². The molecule has 17 heavy (non-hydrogen) atoms. The molecule has 0 unspecified atom stereocenters. The van der Waals surface area contributed by atoms with Crippen molar-refractivity contribution in [3.05, 3.63) is 11.9 Å². The second-order valence-electron chi connectivity index (χ2n) is 3.51. The summed E-state index contributed by atoms with van der Waals surface area (Å²) >= 11 is 0. The number of aromatic nitrogens is 3. The van der Waals surface area contributed by atoms with E-state index in [1.807, 2.05) is 0 Å². The number of hydrogen-bond acceptors (Lipinski definition) is 4. The van der Waals surface area contributed by atoms with Crippen molar-refractivity contribution in [3.8, 4) is 0 Å². The maximum atomic E-state index is 11.5. The first-order valence-electron chi connectivity index (χ1n) is 4.64. The van der Waals surface area contributed by atoms with Crippen molar-refractivity contribution >= 4 is 15.2 Å². The van der Waals surface area contributed by atoms with E-state index in [0.29, 0.717) is 0 Å². The fraction of sp³-hybridized carbons (Fsp3) is 0.667. The van der Waals surface area contributed by atoms with Gasteiger partial charge >= 0.3 is 15.2 Å². The third-order valence-electron chi connectivity index (χ3n) is 2.39. The van der Waals surface area contributed by atoms with Crippen molar-refractivity contribution in [1.82, 2.24) is 15.4 Å². The third kappa shape index (κ3) is 2.35. The van der Waals surface area contributed by atoms with E-state index in [1.54, 1.807) is 6.92 Å². The molecule has 5 N–H and O–H groups in total. The molecular formula is C6H13N3O6P2. The van der Waals surface area contributed by atoms with Crippen LogP contribution in [0.3, 0.4) is 0 Å². The Bertz CT molecular complexity index is 440. The summed E-state index contributed by atoms with van der Waals surface area (Å²) in [6, 6.07) is 0. The third-order valence-corrected chi connectivity index (χ3v) is 6.78. The Morgan fingerprint density at radius 1 is 1.29 bits per heavy atom. The monoisotopic (exact) mass is 285 g/mol. The van der Waals surface area contributed by atoms with Crippen LogP contribution in [0.25, 0.3) is 0 Å². The van der Waals surface area contributed by atoms with E-state index >= 15 is 0 Å². The van der Waals surface area contributed by atoms with Gasteiger partial charge in [0.25, 0.3) is 0 Å². The summed E-state index contributed by atoms with van der Waals surface area (Å²) < 4.78 is 23.0. The van der Waals surface area contributed by atoms with Crippen LogP contribution in [0.1, 0.15) is 25.5 Å². The van der Waals surface area contributed by atoms with Gasteiger partial charge in [0.1, 0.15) is 5.69 Å². The first-order valence-corrected chi connectivity index (χ1v) is 7.87. The van der Waals surface area contributed by atoms with Gasteiger partial charge in [-0.05, 0) is 6.42 Å². The lowest BCUT2D eigenvalue weighted by molar-refractivity contribution is 0.299. The minimum atomic E-state index is -5.12. The van der Waals surface area contributed by atoms with Crippen LogP contribution in [0, 0.1) is 0 Å². The minimum absolute atomic E-state index is 0.170. The summed E-state index contributed by atoms with van der Waals surface area (Å²) in [4.78, 5) is 34.6. The lowest BCUT2D eigenvalue weighted by Crippen LogP contribution is -2.27. The SMILES string of the molecule is CCCC(c1cn[nH]n1)(P(=O)(O)O)P(=O)(O)O. The normalized spacial score (nSPS) is 13.9. The van der Waals surface area contributed by atoms with Crippen LogP contribution in [-0.4, -0.2) is 35.0 Å². The predicted molar refractivity (Wildman–Crippen MR) is 57.1 cm³/mol. The molecule has 98 valence electrons. The van der Waals surface area contributed by atoms with E-state index in [2.05, 4.69) is 15.4 Å². The number of nitrogens with zero attached hydrogens (tertiary/aromatic N) is 2. The molecule has 0 fully saturated rings. The number of H-pyrrole nitrogens is 1. The first-order chi connectivity index (χ1) is 7.67. The van der Waals surface area contributed by atoms with Crippen LogP contribution in [0.15, 0.2) is 6.20 Å². The molecule has 0 aliphatic rings. The second-order valence-corrected chi connectivity index (χ2v) is 7.57. The average molecular weight is 285 g/mol. The molecule has 0 aromatic carbocycles. The lowest BCUT2D eigenvalue weighted by Gasteiger charge is -2.32. The zero-order valence-corrected chi connectivity index (χ0v) is 10.7. The molecule has 1 aromatic heterocycles. The van der Waals surface area contributed by atoms with E-state index < -0.39 is 32.2 Å². The molecule has 1 rings (SSSR count). The van der Waals surface area contributed by atoms with E-state index in [0.717, 1.165) is 6.20 Å².